The molecule has 0 unspecified atom stereocenters. The first-order valence-corrected chi connectivity index (χ1v) is 30.4. The highest BCUT2D eigenvalue weighted by Crippen LogP contribution is 2.49. The van der Waals surface area contributed by atoms with Crippen LogP contribution in [-0.2, 0) is 0 Å². The zero-order valence-corrected chi connectivity index (χ0v) is 47.3. The summed E-state index contributed by atoms with van der Waals surface area (Å²) >= 11 is 0. The largest absolute Gasteiger partial charge is 0.354 e. The van der Waals surface area contributed by atoms with Crippen molar-refractivity contribution in [3.63, 3.8) is 0 Å². The van der Waals surface area contributed by atoms with Crippen LogP contribution in [0.1, 0.15) is 22.8 Å². The Hall–Kier alpha value is -11.7. The average molecular weight is 1110 g/mol. The van der Waals surface area contributed by atoms with Crippen LogP contribution < -0.4 is 0 Å². The molecule has 2 N–H and O–H groups in total. The molecule has 0 aliphatic carbocycles. The van der Waals surface area contributed by atoms with Crippen LogP contribution >= 0.6 is 0 Å². The molecule has 16 aromatic carbocycles. The molecule has 2 aliphatic rings. The highest BCUT2D eigenvalue weighted by molar-refractivity contribution is 6.30. The zero-order valence-electron chi connectivity index (χ0n) is 47.3. The third-order valence-corrected chi connectivity index (χ3v) is 19.9. The molecule has 4 nitrogen and oxygen atoms in total. The lowest BCUT2D eigenvalue weighted by Gasteiger charge is -2.16. The lowest BCUT2D eigenvalue weighted by Crippen LogP contribution is -1.93. The van der Waals surface area contributed by atoms with E-state index in [0.29, 0.717) is 0 Å². The molecular formula is C84H46N4. The number of hydrogen-bond donors (Lipinski definition) is 2. The lowest BCUT2D eigenvalue weighted by atomic mass is 9.89. The summed E-state index contributed by atoms with van der Waals surface area (Å²) in [6, 6.07) is 90.8. The molecular weight excluding hydrogens is 1060 g/mol. The summed E-state index contributed by atoms with van der Waals surface area (Å²) < 4.78 is 0. The van der Waals surface area contributed by atoms with Gasteiger partial charge in [-0.15, -0.1) is 0 Å². The average Bonchev–Trinajstić information content (AvgIpc) is 2.76. The van der Waals surface area contributed by atoms with Gasteiger partial charge in [-0.1, -0.05) is 218 Å². The number of fused-ring (bicyclic) bond motifs is 8. The zero-order chi connectivity index (χ0) is 57.0. The van der Waals surface area contributed by atoms with Gasteiger partial charge in [0, 0.05) is 44.3 Å². The Morgan fingerprint density at radius 2 is 0.375 bits per heavy atom. The molecule has 88 heavy (non-hydrogen) atoms. The smallest absolute Gasteiger partial charge is 0.0737 e. The van der Waals surface area contributed by atoms with Crippen LogP contribution in [0, 0.1) is 0 Å². The maximum Gasteiger partial charge on any atom is 0.0737 e. The minimum atomic E-state index is 0.881. The van der Waals surface area contributed by atoms with E-state index in [4.69, 9.17) is 9.97 Å². The number of aromatic amines is 2. The van der Waals surface area contributed by atoms with Crippen molar-refractivity contribution in [3.05, 3.63) is 265 Å². The van der Waals surface area contributed by atoms with E-state index in [1.54, 1.807) is 0 Å². The summed E-state index contributed by atoms with van der Waals surface area (Å²) in [5.41, 5.74) is 16.0. The molecule has 0 amide bonds. The van der Waals surface area contributed by atoms with E-state index < -0.39 is 0 Å². The van der Waals surface area contributed by atoms with Crippen molar-refractivity contribution in [2.24, 2.45) is 0 Å². The molecule has 0 spiro atoms. The summed E-state index contributed by atoms with van der Waals surface area (Å²) in [5.74, 6) is 0. The molecule has 19 aromatic rings. The van der Waals surface area contributed by atoms with Crippen molar-refractivity contribution in [2.75, 3.05) is 0 Å². The maximum atomic E-state index is 5.94. The molecule has 402 valence electrons. The molecule has 0 saturated heterocycles. The van der Waals surface area contributed by atoms with Gasteiger partial charge in [-0.2, -0.15) is 0 Å². The molecule has 8 bridgehead atoms. The second-order valence-electron chi connectivity index (χ2n) is 24.4. The van der Waals surface area contributed by atoms with Crippen LogP contribution in [0.15, 0.2) is 243 Å². The Bertz CT molecular complexity index is 5700. The summed E-state index contributed by atoms with van der Waals surface area (Å²) in [5, 5.41) is 29.7. The van der Waals surface area contributed by atoms with Crippen LogP contribution in [0.3, 0.4) is 0 Å². The number of nitrogens with one attached hydrogen (secondary N) is 2. The molecule has 0 fully saturated rings. The molecule has 2 aliphatic heterocycles. The standard InChI is InChI=1S/C84H46N4/c1-5-45-13-17-53-25-33-61(57-29-21-49(9-1)73(45)77(53)57)81-65-37-39-67(85-65)82(62-34-26-54-18-14-46-6-2-10-50-22-30-58(62)78(54)74(46)50)69-41-43-71(87-69)84(64-36-28-56-20-16-48-8-4-12-52-24-32-60(64)80(56)76(48)52)72-44-42-70(88-72)83(68-40-38-66(81)86-68)63-35-27-55-19-15-47-7-3-11-51-23-31-59(63)79(55)75(47)51/h1-44,85,88H. The first-order chi connectivity index (χ1) is 43.6. The Balaban J connectivity index is 0.946. The van der Waals surface area contributed by atoms with Gasteiger partial charge in [-0.25, -0.2) is 9.97 Å². The van der Waals surface area contributed by atoms with Crippen LogP contribution in [0.2, 0.25) is 0 Å². The fraction of sp³-hybridized carbons (Fsp3) is 0. The number of aromatic nitrogens is 4. The fourth-order valence-electron chi connectivity index (χ4n) is 16.2. The van der Waals surface area contributed by atoms with Crippen molar-refractivity contribution in [2.45, 2.75) is 0 Å². The van der Waals surface area contributed by atoms with Gasteiger partial charge in [-0.05, 0) is 200 Å². The second kappa shape index (κ2) is 17.0. The van der Waals surface area contributed by atoms with Crippen LogP contribution in [0.4, 0.5) is 0 Å². The van der Waals surface area contributed by atoms with Crippen molar-refractivity contribution < 1.29 is 0 Å². The van der Waals surface area contributed by atoms with Crippen molar-refractivity contribution in [3.8, 4) is 44.5 Å². The molecule has 0 atom stereocenters. The number of H-pyrrole nitrogens is 2. The molecule has 21 rings (SSSR count). The Morgan fingerprint density at radius 1 is 0.182 bits per heavy atom. The van der Waals surface area contributed by atoms with Gasteiger partial charge >= 0.3 is 0 Å². The number of nitrogens with zero attached hydrogens (tertiary/aromatic N) is 2. The summed E-state index contributed by atoms with van der Waals surface area (Å²) in [7, 11) is 0. The number of rotatable bonds is 4. The minimum absolute atomic E-state index is 0.881. The van der Waals surface area contributed by atoms with Gasteiger partial charge in [0.2, 0.25) is 0 Å². The van der Waals surface area contributed by atoms with Gasteiger partial charge in [0.05, 0.1) is 22.8 Å². The van der Waals surface area contributed by atoms with Gasteiger partial charge in [0.1, 0.15) is 0 Å². The number of benzene rings is 16. The molecule has 0 saturated carbocycles. The lowest BCUT2D eigenvalue weighted by molar-refractivity contribution is 1.31. The molecule has 3 aromatic heterocycles. The minimum Gasteiger partial charge on any atom is -0.354 e. The van der Waals surface area contributed by atoms with Crippen molar-refractivity contribution >= 4 is 176 Å². The van der Waals surface area contributed by atoms with E-state index in [9.17, 15) is 0 Å². The normalized spacial score (nSPS) is 12.9. The summed E-state index contributed by atoms with van der Waals surface area (Å²) in [6.45, 7) is 0. The fourth-order valence-corrected chi connectivity index (χ4v) is 16.2. The van der Waals surface area contributed by atoms with Gasteiger partial charge in [0.25, 0.3) is 0 Å². The van der Waals surface area contributed by atoms with Crippen LogP contribution in [0.5, 0.6) is 0 Å². The first kappa shape index (κ1) is 46.6. The van der Waals surface area contributed by atoms with Crippen molar-refractivity contribution in [1.82, 2.24) is 19.9 Å². The quantitative estimate of drug-likeness (QED) is 0.173. The monoisotopic (exact) mass is 1110 g/mol. The van der Waals surface area contributed by atoms with Crippen LogP contribution in [0.25, 0.3) is 220 Å². The molecule has 4 heteroatoms. The Morgan fingerprint density at radius 3 is 0.602 bits per heavy atom. The van der Waals surface area contributed by atoms with E-state index in [2.05, 4.69) is 277 Å². The SMILES string of the molecule is C1=Cc2nc1c(-c1ccc3ccc4cccc5ccc1c3c45)c1ccc([nH]1)c(-c1ccc3ccc4cccc5ccc1c3c45)c1nc(c(-c3ccc4ccc5cccc6ccc3c4c56)c3ccc([nH]3)c2-c2ccc3ccc4cccc5ccc2c3c45)C=C1. The van der Waals surface area contributed by atoms with E-state index in [-0.39, 0.29) is 0 Å². The van der Waals surface area contributed by atoms with Crippen molar-refractivity contribution in [1.29, 1.82) is 0 Å². The maximum absolute atomic E-state index is 5.94. The topological polar surface area (TPSA) is 57.4 Å². The first-order valence-electron chi connectivity index (χ1n) is 30.4. The third kappa shape index (κ3) is 6.27. The summed E-state index contributed by atoms with van der Waals surface area (Å²) in [4.78, 5) is 20.2. The predicted molar refractivity (Wildman–Crippen MR) is 375 cm³/mol. The number of hydrogen-bond acceptors (Lipinski definition) is 2. The van der Waals surface area contributed by atoms with E-state index in [0.717, 1.165) is 89.4 Å². The van der Waals surface area contributed by atoms with E-state index in [1.807, 2.05) is 0 Å². The third-order valence-electron chi connectivity index (χ3n) is 19.9. The van der Waals surface area contributed by atoms with E-state index >= 15 is 0 Å². The Kier molecular flexibility index (Phi) is 9.01. The van der Waals surface area contributed by atoms with Gasteiger partial charge in [-0.3, -0.25) is 0 Å². The van der Waals surface area contributed by atoms with E-state index in [1.165, 1.54) is 129 Å². The van der Waals surface area contributed by atoms with Crippen LogP contribution in [-0.4, -0.2) is 19.9 Å². The predicted octanol–water partition coefficient (Wildman–Crippen LogP) is 22.9. The van der Waals surface area contributed by atoms with Gasteiger partial charge < -0.3 is 9.97 Å². The summed E-state index contributed by atoms with van der Waals surface area (Å²) in [6.07, 6.45) is 9.00. The molecule has 0 radical (unpaired) electrons. The molecule has 5 heterocycles. The second-order valence-corrected chi connectivity index (χ2v) is 24.4. The Labute approximate surface area is 502 Å². The highest BCUT2D eigenvalue weighted by Gasteiger charge is 2.25. The van der Waals surface area contributed by atoms with Gasteiger partial charge in [0.15, 0.2) is 0 Å². The highest BCUT2D eigenvalue weighted by atomic mass is 14.8.